The second-order valence-corrected chi connectivity index (χ2v) is 8.66. The molecular formula is C14H17Cl2F3N5O4S+. The molecule has 0 radical (unpaired) electrons. The average molecular weight is 479 g/mol. The summed E-state index contributed by atoms with van der Waals surface area (Å²) < 4.78 is 63.7. The van der Waals surface area contributed by atoms with Crippen molar-refractivity contribution in [3.05, 3.63) is 44.1 Å². The van der Waals surface area contributed by atoms with Crippen molar-refractivity contribution in [2.75, 3.05) is 11.0 Å². The maximum absolute atomic E-state index is 12.8. The first-order valence-corrected chi connectivity index (χ1v) is 10.3. The summed E-state index contributed by atoms with van der Waals surface area (Å²) in [4.78, 5) is 10.1. The van der Waals surface area contributed by atoms with Gasteiger partial charge in [-0.1, -0.05) is 23.2 Å². The van der Waals surface area contributed by atoms with E-state index in [0.29, 0.717) is 29.1 Å². The Hall–Kier alpha value is -2.09. The van der Waals surface area contributed by atoms with E-state index in [2.05, 4.69) is 24.7 Å². The molecule has 1 heterocycles. The van der Waals surface area contributed by atoms with E-state index in [4.69, 9.17) is 23.2 Å². The zero-order valence-corrected chi connectivity index (χ0v) is 17.6. The Kier molecular flexibility index (Phi) is 7.87. The summed E-state index contributed by atoms with van der Waals surface area (Å²) in [6.45, 7) is 4.11. The van der Waals surface area contributed by atoms with E-state index in [0.717, 1.165) is 6.26 Å². The minimum absolute atomic E-state index is 0.351. The maximum atomic E-state index is 12.8. The summed E-state index contributed by atoms with van der Waals surface area (Å²) in [5.74, 6) is -0.629. The average Bonchev–Trinajstić information content (AvgIpc) is 2.86. The van der Waals surface area contributed by atoms with Crippen LogP contribution in [-0.4, -0.2) is 35.4 Å². The molecule has 29 heavy (non-hydrogen) atoms. The third-order valence-electron chi connectivity index (χ3n) is 2.78. The lowest BCUT2D eigenvalue weighted by Gasteiger charge is -2.14. The molecule has 0 unspecified atom stereocenters. The van der Waals surface area contributed by atoms with E-state index < -0.39 is 48.2 Å². The first-order valence-electron chi connectivity index (χ1n) is 7.64. The summed E-state index contributed by atoms with van der Waals surface area (Å²) in [6, 6.07) is 1.67. The van der Waals surface area contributed by atoms with Crippen LogP contribution in [0, 0.1) is 10.1 Å². The van der Waals surface area contributed by atoms with Gasteiger partial charge in [0.05, 0.1) is 32.8 Å². The van der Waals surface area contributed by atoms with Gasteiger partial charge in [-0.2, -0.15) is 18.3 Å². The zero-order valence-electron chi connectivity index (χ0n) is 15.3. The molecule has 0 saturated carbocycles. The topological polar surface area (TPSA) is 135 Å². The predicted molar refractivity (Wildman–Crippen MR) is 102 cm³/mol. The molecule has 0 spiro atoms. The van der Waals surface area contributed by atoms with Gasteiger partial charge in [0.1, 0.15) is 11.9 Å². The van der Waals surface area contributed by atoms with Crippen molar-refractivity contribution in [1.82, 2.24) is 9.78 Å². The first kappa shape index (κ1) is 24.9. The van der Waals surface area contributed by atoms with Crippen molar-refractivity contribution in [3.8, 4) is 5.69 Å². The number of nitro groups is 1. The highest BCUT2D eigenvalue weighted by Gasteiger charge is 2.33. The summed E-state index contributed by atoms with van der Waals surface area (Å²) in [5.41, 5.74) is 1.40. The van der Waals surface area contributed by atoms with Crippen molar-refractivity contribution in [2.24, 2.45) is 0 Å². The molecule has 1 aromatic heterocycles. The molecular weight excluding hydrogens is 462 g/mol. The fourth-order valence-electron chi connectivity index (χ4n) is 1.85. The van der Waals surface area contributed by atoms with E-state index in [1.807, 2.05) is 4.72 Å². The lowest BCUT2D eigenvalue weighted by atomic mass is 10.2. The second kappa shape index (κ2) is 9.15. The molecule has 0 bridgehead atoms. The predicted octanol–water partition coefficient (Wildman–Crippen LogP) is 3.11. The lowest BCUT2D eigenvalue weighted by Crippen LogP contribution is -2.57. The molecule has 1 aromatic carbocycles. The Morgan fingerprint density at radius 1 is 1.28 bits per heavy atom. The summed E-state index contributed by atoms with van der Waals surface area (Å²) in [7, 11) is -3.97. The van der Waals surface area contributed by atoms with Gasteiger partial charge in [-0.3, -0.25) is 14.8 Å². The molecule has 0 aliphatic heterocycles. The quantitative estimate of drug-likeness (QED) is 0.513. The molecule has 0 aliphatic carbocycles. The molecule has 0 saturated heterocycles. The molecule has 0 fully saturated rings. The summed E-state index contributed by atoms with van der Waals surface area (Å²) in [5, 5.41) is 13.5. The molecule has 4 N–H and O–H groups in total. The normalized spacial score (nSPS) is 11.8. The van der Waals surface area contributed by atoms with Crippen LogP contribution >= 0.6 is 23.2 Å². The van der Waals surface area contributed by atoms with Gasteiger partial charge in [-0.25, -0.2) is 13.1 Å². The van der Waals surface area contributed by atoms with E-state index in [1.165, 1.54) is 0 Å². The molecule has 162 valence electrons. The number of rotatable bonds is 4. The number of hydrogen-bond acceptors (Lipinski definition) is 5. The van der Waals surface area contributed by atoms with Gasteiger partial charge >= 0.3 is 11.9 Å². The Morgan fingerprint density at radius 2 is 1.72 bits per heavy atom. The van der Waals surface area contributed by atoms with Crippen LogP contribution in [0.25, 0.3) is 5.69 Å². The third kappa shape index (κ3) is 7.03. The first-order chi connectivity index (χ1) is 13.0. The number of halogens is 5. The minimum Gasteiger partial charge on any atom is -0.356 e. The van der Waals surface area contributed by atoms with Gasteiger partial charge in [-0.15, -0.1) is 0 Å². The van der Waals surface area contributed by atoms with E-state index in [9.17, 15) is 31.7 Å². The Morgan fingerprint density at radius 3 is 2.07 bits per heavy atom. The number of nitrogens with zero attached hydrogens (tertiary/aromatic N) is 3. The van der Waals surface area contributed by atoms with Crippen molar-refractivity contribution in [2.45, 2.75) is 26.1 Å². The number of hydrogen-bond donors (Lipinski definition) is 2. The van der Waals surface area contributed by atoms with E-state index >= 15 is 0 Å². The number of sulfonamides is 1. The Labute approximate surface area is 173 Å². The Bertz CT molecular complexity index is 983. The minimum atomic E-state index is -4.73. The number of quaternary nitrogens is 1. The lowest BCUT2D eigenvalue weighted by molar-refractivity contribution is -0.407. The van der Waals surface area contributed by atoms with Crippen LogP contribution in [0.4, 0.5) is 24.7 Å². The second-order valence-electron chi connectivity index (χ2n) is 6.10. The molecule has 2 rings (SSSR count). The van der Waals surface area contributed by atoms with Crippen LogP contribution in [0.5, 0.6) is 0 Å². The molecule has 2 aromatic rings. The number of anilines is 1. The van der Waals surface area contributed by atoms with Crippen molar-refractivity contribution in [1.29, 1.82) is 0 Å². The highest BCUT2D eigenvalue weighted by atomic mass is 35.5. The van der Waals surface area contributed by atoms with Crippen LogP contribution in [0.15, 0.2) is 18.3 Å². The van der Waals surface area contributed by atoms with Gasteiger partial charge in [0, 0.05) is 0 Å². The smallest absolute Gasteiger partial charge is 0.356 e. The van der Waals surface area contributed by atoms with Crippen molar-refractivity contribution >= 4 is 44.7 Å². The van der Waals surface area contributed by atoms with Gasteiger partial charge in [0.25, 0.3) is 0 Å². The maximum Gasteiger partial charge on any atom is 0.416 e. The number of alkyl halides is 3. The van der Waals surface area contributed by atoms with E-state index in [-0.39, 0.29) is 5.69 Å². The van der Waals surface area contributed by atoms with Crippen LogP contribution in [0.1, 0.15) is 19.4 Å². The highest BCUT2D eigenvalue weighted by molar-refractivity contribution is 7.92. The molecule has 0 amide bonds. The fraction of sp³-hybridized carbons (Fsp3) is 0.357. The van der Waals surface area contributed by atoms with Crippen LogP contribution in [0.3, 0.4) is 0 Å². The highest BCUT2D eigenvalue weighted by Crippen LogP contribution is 2.39. The Balaban J connectivity index is 0.000000960. The largest absolute Gasteiger partial charge is 0.416 e. The van der Waals surface area contributed by atoms with Crippen molar-refractivity contribution in [3.63, 3.8) is 0 Å². The summed E-state index contributed by atoms with van der Waals surface area (Å²) >= 11 is 11.6. The number of aromatic nitrogens is 2. The third-order valence-corrected chi connectivity index (χ3v) is 3.93. The SMILES string of the molecule is CC(C)[NH3+].CS(=O)(=O)Nc1c([N+](=O)[O-])cnn1-c1c(Cl)cc(C(F)(F)F)cc1Cl. The van der Waals surface area contributed by atoms with E-state index in [1.54, 1.807) is 0 Å². The van der Waals surface area contributed by atoms with Gasteiger partial charge in [-0.05, 0) is 26.0 Å². The fourth-order valence-corrected chi connectivity index (χ4v) is 3.04. The number of nitrogens with one attached hydrogen (secondary N) is 1. The zero-order chi connectivity index (χ0) is 22.7. The molecule has 0 atom stereocenters. The molecule has 0 aliphatic rings. The van der Waals surface area contributed by atoms with Crippen LogP contribution in [0.2, 0.25) is 10.0 Å². The van der Waals surface area contributed by atoms with Gasteiger partial charge < -0.3 is 5.73 Å². The van der Waals surface area contributed by atoms with Gasteiger partial charge in [0.15, 0.2) is 0 Å². The molecule has 9 nitrogen and oxygen atoms in total. The van der Waals surface area contributed by atoms with Crippen molar-refractivity contribution < 1.29 is 32.2 Å². The monoisotopic (exact) mass is 478 g/mol. The van der Waals surface area contributed by atoms with Crippen LogP contribution < -0.4 is 10.5 Å². The molecule has 15 heteroatoms. The van der Waals surface area contributed by atoms with Crippen LogP contribution in [-0.2, 0) is 16.2 Å². The number of benzene rings is 1. The van der Waals surface area contributed by atoms with Gasteiger partial charge in [0.2, 0.25) is 15.8 Å². The summed E-state index contributed by atoms with van der Waals surface area (Å²) in [6.07, 6.45) is -3.29. The standard InChI is InChI=1S/C11H7Cl2F3N4O4S.C3H9N/c1-25(23,24)18-10-8(20(21)22)4-17-19(10)9-6(12)2-5(3-7(9)13)11(14,15)16;1-3(2)4/h2-4,18H,1H3;3H,4H2,1-2H3/p+1.